The maximum atomic E-state index is 13.5. The van der Waals surface area contributed by atoms with Crippen LogP contribution < -0.4 is 0 Å². The molecule has 29 heavy (non-hydrogen) atoms. The Kier molecular flexibility index (Phi) is 5.17. The van der Waals surface area contributed by atoms with Crippen molar-refractivity contribution in [3.63, 3.8) is 0 Å². The molecule has 1 atom stereocenters. The Morgan fingerprint density at radius 1 is 1.17 bits per heavy atom. The Morgan fingerprint density at radius 2 is 1.93 bits per heavy atom. The van der Waals surface area contributed by atoms with Gasteiger partial charge in [-0.25, -0.2) is 4.68 Å². The summed E-state index contributed by atoms with van der Waals surface area (Å²) in [6.45, 7) is 5.44. The van der Waals surface area contributed by atoms with Crippen molar-refractivity contribution < 1.29 is 14.7 Å². The molecule has 2 amide bonds. The van der Waals surface area contributed by atoms with E-state index in [1.54, 1.807) is 9.80 Å². The number of aromatic nitrogens is 2. The molecule has 0 radical (unpaired) electrons. The van der Waals surface area contributed by atoms with E-state index in [-0.39, 0.29) is 18.4 Å². The lowest BCUT2D eigenvalue weighted by Gasteiger charge is -2.44. The van der Waals surface area contributed by atoms with Crippen LogP contribution in [0.1, 0.15) is 47.4 Å². The van der Waals surface area contributed by atoms with Crippen LogP contribution >= 0.6 is 0 Å². The summed E-state index contributed by atoms with van der Waals surface area (Å²) in [6.07, 6.45) is 3.05. The van der Waals surface area contributed by atoms with Crippen molar-refractivity contribution in [2.45, 2.75) is 45.1 Å². The van der Waals surface area contributed by atoms with Crippen LogP contribution in [0.2, 0.25) is 0 Å². The summed E-state index contributed by atoms with van der Waals surface area (Å²) < 4.78 is 1.83. The van der Waals surface area contributed by atoms with Crippen LogP contribution in [-0.4, -0.2) is 68.3 Å². The number of hydrogen-bond donors (Lipinski definition) is 1. The number of aliphatic hydroxyl groups is 1. The molecule has 2 aromatic rings. The predicted molar refractivity (Wildman–Crippen MR) is 109 cm³/mol. The van der Waals surface area contributed by atoms with Crippen LogP contribution in [0.5, 0.6) is 0 Å². The number of likely N-dealkylation sites (tertiary alicyclic amines) is 2. The van der Waals surface area contributed by atoms with Gasteiger partial charge in [0.2, 0.25) is 5.91 Å². The molecule has 0 saturated carbocycles. The SMILES string of the molecule is Cc1cc(C)n(-c2cccc(C(=O)N3CCCC34CCCN(CCO)C4=O)c2)n1. The van der Waals surface area contributed by atoms with E-state index in [9.17, 15) is 14.7 Å². The fourth-order valence-corrected chi connectivity index (χ4v) is 4.87. The second-order valence-corrected chi connectivity index (χ2v) is 8.10. The van der Waals surface area contributed by atoms with Gasteiger partial charge in [0.25, 0.3) is 5.91 Å². The fourth-order valence-electron chi connectivity index (χ4n) is 4.87. The first kappa shape index (κ1) is 19.6. The van der Waals surface area contributed by atoms with E-state index in [4.69, 9.17) is 0 Å². The number of carbonyl (C=O) groups excluding carboxylic acids is 2. The smallest absolute Gasteiger partial charge is 0.254 e. The van der Waals surface area contributed by atoms with Gasteiger partial charge in [-0.1, -0.05) is 6.07 Å². The summed E-state index contributed by atoms with van der Waals surface area (Å²) >= 11 is 0. The van der Waals surface area contributed by atoms with Crippen LogP contribution in [-0.2, 0) is 4.79 Å². The van der Waals surface area contributed by atoms with Crippen LogP contribution in [0.15, 0.2) is 30.3 Å². The number of piperidine rings is 1. The molecule has 4 rings (SSSR count). The topological polar surface area (TPSA) is 78.7 Å². The third kappa shape index (κ3) is 3.33. The quantitative estimate of drug-likeness (QED) is 0.858. The number of rotatable bonds is 4. The molecule has 2 fully saturated rings. The summed E-state index contributed by atoms with van der Waals surface area (Å²) in [5, 5.41) is 13.8. The van der Waals surface area contributed by atoms with Gasteiger partial charge in [0.05, 0.1) is 18.0 Å². The van der Waals surface area contributed by atoms with E-state index in [0.717, 1.165) is 29.9 Å². The lowest BCUT2D eigenvalue weighted by Crippen LogP contribution is -2.61. The fraction of sp³-hybridized carbons (Fsp3) is 0.500. The molecule has 7 heteroatoms. The van der Waals surface area contributed by atoms with Crippen molar-refractivity contribution in [3.05, 3.63) is 47.3 Å². The molecular formula is C22H28N4O3. The van der Waals surface area contributed by atoms with Gasteiger partial charge in [-0.15, -0.1) is 0 Å². The highest BCUT2D eigenvalue weighted by Gasteiger charge is 2.52. The number of aliphatic hydroxyl groups excluding tert-OH is 1. The minimum Gasteiger partial charge on any atom is -0.395 e. The number of hydrogen-bond acceptors (Lipinski definition) is 4. The van der Waals surface area contributed by atoms with Crippen molar-refractivity contribution in [2.24, 2.45) is 0 Å². The first-order chi connectivity index (χ1) is 14.0. The van der Waals surface area contributed by atoms with Gasteiger partial charge in [-0.05, 0) is 63.8 Å². The summed E-state index contributed by atoms with van der Waals surface area (Å²) in [7, 11) is 0. The zero-order chi connectivity index (χ0) is 20.6. The Hall–Kier alpha value is -2.67. The minimum atomic E-state index is -0.765. The van der Waals surface area contributed by atoms with E-state index >= 15 is 0 Å². The molecule has 7 nitrogen and oxygen atoms in total. The maximum Gasteiger partial charge on any atom is 0.254 e. The number of nitrogens with zero attached hydrogens (tertiary/aromatic N) is 4. The van der Waals surface area contributed by atoms with E-state index < -0.39 is 5.54 Å². The highest BCUT2D eigenvalue weighted by atomic mass is 16.3. The second kappa shape index (κ2) is 7.63. The Labute approximate surface area is 170 Å². The first-order valence-electron chi connectivity index (χ1n) is 10.3. The average molecular weight is 396 g/mol. The predicted octanol–water partition coefficient (Wildman–Crippen LogP) is 2.08. The van der Waals surface area contributed by atoms with Crippen LogP contribution in [0.4, 0.5) is 0 Å². The molecule has 2 aliphatic rings. The summed E-state index contributed by atoms with van der Waals surface area (Å²) in [4.78, 5) is 30.2. The molecule has 0 aliphatic carbocycles. The number of β-amino-alcohol motifs (C(OH)–C–C–N with tert-alkyl or cyclic N) is 1. The molecule has 2 saturated heterocycles. The zero-order valence-corrected chi connectivity index (χ0v) is 17.1. The highest BCUT2D eigenvalue weighted by Crippen LogP contribution is 2.39. The summed E-state index contributed by atoms with van der Waals surface area (Å²) in [6, 6.07) is 9.46. The second-order valence-electron chi connectivity index (χ2n) is 8.10. The van der Waals surface area contributed by atoms with Crippen molar-refractivity contribution >= 4 is 11.8 Å². The van der Waals surface area contributed by atoms with Gasteiger partial charge < -0.3 is 14.9 Å². The normalized spacial score (nSPS) is 22.0. The van der Waals surface area contributed by atoms with Gasteiger partial charge >= 0.3 is 0 Å². The number of aryl methyl sites for hydroxylation is 2. The third-order valence-corrected chi connectivity index (χ3v) is 6.15. The van der Waals surface area contributed by atoms with E-state index in [1.165, 1.54) is 0 Å². The number of amides is 2. The lowest BCUT2D eigenvalue weighted by atomic mass is 9.85. The lowest BCUT2D eigenvalue weighted by molar-refractivity contribution is -0.146. The van der Waals surface area contributed by atoms with E-state index in [1.807, 2.05) is 48.9 Å². The molecule has 3 heterocycles. The first-order valence-corrected chi connectivity index (χ1v) is 10.3. The summed E-state index contributed by atoms with van der Waals surface area (Å²) in [5.74, 6) is -0.122. The van der Waals surface area contributed by atoms with Gasteiger partial charge in [0.1, 0.15) is 5.54 Å². The molecule has 1 spiro atoms. The van der Waals surface area contributed by atoms with E-state index in [2.05, 4.69) is 5.10 Å². The van der Waals surface area contributed by atoms with Crippen LogP contribution in [0.3, 0.4) is 0 Å². The molecule has 1 aromatic heterocycles. The maximum absolute atomic E-state index is 13.5. The monoisotopic (exact) mass is 396 g/mol. The molecule has 154 valence electrons. The van der Waals surface area contributed by atoms with Crippen molar-refractivity contribution in [1.29, 1.82) is 0 Å². The van der Waals surface area contributed by atoms with Gasteiger partial charge in [-0.2, -0.15) is 5.10 Å². The van der Waals surface area contributed by atoms with Gasteiger partial charge in [-0.3, -0.25) is 9.59 Å². The van der Waals surface area contributed by atoms with Crippen molar-refractivity contribution in [3.8, 4) is 5.69 Å². The Bertz CT molecular complexity index is 936. The van der Waals surface area contributed by atoms with Crippen LogP contribution in [0.25, 0.3) is 5.69 Å². The minimum absolute atomic E-state index is 0.0154. The number of benzene rings is 1. The Balaban J connectivity index is 1.65. The van der Waals surface area contributed by atoms with Crippen molar-refractivity contribution in [2.75, 3.05) is 26.2 Å². The van der Waals surface area contributed by atoms with Gasteiger partial charge in [0, 0.05) is 30.9 Å². The standard InChI is InChI=1S/C22H28N4O3/c1-16-14-17(2)26(23-16)19-7-3-6-18(15-19)20(28)25-11-5-9-22(25)8-4-10-24(12-13-27)21(22)29/h3,6-7,14-15,27H,4-5,8-13H2,1-2H3. The highest BCUT2D eigenvalue weighted by molar-refractivity contribution is 6.00. The Morgan fingerprint density at radius 3 is 2.62 bits per heavy atom. The largest absolute Gasteiger partial charge is 0.395 e. The average Bonchev–Trinajstić information content (AvgIpc) is 3.28. The molecule has 2 aliphatic heterocycles. The van der Waals surface area contributed by atoms with E-state index in [0.29, 0.717) is 38.0 Å². The molecule has 0 bridgehead atoms. The third-order valence-electron chi connectivity index (χ3n) is 6.15. The molecule has 1 aromatic carbocycles. The molecule has 1 N–H and O–H groups in total. The van der Waals surface area contributed by atoms with Gasteiger partial charge in [0.15, 0.2) is 0 Å². The zero-order valence-electron chi connectivity index (χ0n) is 17.1. The van der Waals surface area contributed by atoms with Crippen LogP contribution in [0, 0.1) is 13.8 Å². The molecule has 1 unspecified atom stereocenters. The number of carbonyl (C=O) groups is 2. The van der Waals surface area contributed by atoms with Crippen molar-refractivity contribution in [1.82, 2.24) is 19.6 Å². The summed E-state index contributed by atoms with van der Waals surface area (Å²) in [5.41, 5.74) is 2.58. The molecular weight excluding hydrogens is 368 g/mol.